The number of nitrogens with zero attached hydrogens (tertiary/aromatic N) is 2. The molecule has 0 N–H and O–H groups in total. The number of carbonyl (C=O) groups is 2. The van der Waals surface area contributed by atoms with E-state index >= 15 is 0 Å². The molecule has 124 valence electrons. The summed E-state index contributed by atoms with van der Waals surface area (Å²) in [6.07, 6.45) is 1.87. The zero-order valence-corrected chi connectivity index (χ0v) is 13.4. The molecule has 1 fully saturated rings. The van der Waals surface area contributed by atoms with Gasteiger partial charge in [-0.1, -0.05) is 18.5 Å². The number of carbonyl (C=O) groups excluding carboxylic acids is 2. The lowest BCUT2D eigenvalue weighted by Gasteiger charge is -2.30. The van der Waals surface area contributed by atoms with E-state index in [1.54, 1.807) is 4.90 Å². The molecule has 1 saturated heterocycles. The molecule has 1 aliphatic heterocycles. The minimum atomic E-state index is -0.788. The van der Waals surface area contributed by atoms with E-state index in [-0.39, 0.29) is 28.8 Å². The number of hydrogen-bond acceptors (Lipinski definition) is 5. The molecule has 0 aromatic heterocycles. The van der Waals surface area contributed by atoms with Gasteiger partial charge in [-0.2, -0.15) is 0 Å². The predicted octanol–water partition coefficient (Wildman–Crippen LogP) is 2.66. The number of amides is 1. The van der Waals surface area contributed by atoms with E-state index in [9.17, 15) is 19.7 Å². The van der Waals surface area contributed by atoms with Crippen LogP contribution in [0.2, 0.25) is 5.02 Å². The number of piperidine rings is 1. The summed E-state index contributed by atoms with van der Waals surface area (Å²) < 4.78 is 4.95. The Morgan fingerprint density at radius 2 is 2.04 bits per heavy atom. The largest absolute Gasteiger partial charge is 0.452 e. The van der Waals surface area contributed by atoms with Gasteiger partial charge < -0.3 is 9.64 Å². The number of halogens is 1. The van der Waals surface area contributed by atoms with Crippen LogP contribution in [0.1, 0.15) is 30.1 Å². The van der Waals surface area contributed by atoms with E-state index in [1.807, 2.05) is 0 Å². The molecule has 0 atom stereocenters. The van der Waals surface area contributed by atoms with Crippen LogP contribution < -0.4 is 0 Å². The molecule has 1 amide bonds. The first-order valence-corrected chi connectivity index (χ1v) is 7.65. The average Bonchev–Trinajstić information content (AvgIpc) is 2.53. The van der Waals surface area contributed by atoms with E-state index in [2.05, 4.69) is 6.92 Å². The van der Waals surface area contributed by atoms with Gasteiger partial charge in [0.05, 0.1) is 10.5 Å². The monoisotopic (exact) mass is 340 g/mol. The van der Waals surface area contributed by atoms with Crippen molar-refractivity contribution in [2.75, 3.05) is 19.7 Å². The maximum atomic E-state index is 12.0. The highest BCUT2D eigenvalue weighted by molar-refractivity contribution is 6.32. The van der Waals surface area contributed by atoms with Crippen LogP contribution in [0.25, 0.3) is 0 Å². The first-order valence-electron chi connectivity index (χ1n) is 7.27. The summed E-state index contributed by atoms with van der Waals surface area (Å²) in [5.74, 6) is -0.451. The molecule has 23 heavy (non-hydrogen) atoms. The Labute approximate surface area is 138 Å². The van der Waals surface area contributed by atoms with Gasteiger partial charge in [-0.3, -0.25) is 14.9 Å². The quantitative estimate of drug-likeness (QED) is 0.477. The number of benzene rings is 1. The Hall–Kier alpha value is -2.15. The molecule has 0 unspecified atom stereocenters. The van der Waals surface area contributed by atoms with Gasteiger partial charge in [-0.05, 0) is 30.9 Å². The lowest BCUT2D eigenvalue weighted by atomic mass is 9.99. The highest BCUT2D eigenvalue weighted by Crippen LogP contribution is 2.25. The van der Waals surface area contributed by atoms with Gasteiger partial charge in [0.1, 0.15) is 5.02 Å². The van der Waals surface area contributed by atoms with Gasteiger partial charge >= 0.3 is 5.97 Å². The summed E-state index contributed by atoms with van der Waals surface area (Å²) in [5, 5.41) is 10.7. The smallest absolute Gasteiger partial charge is 0.338 e. The molecule has 0 saturated carbocycles. The van der Waals surface area contributed by atoms with Crippen molar-refractivity contribution in [3.63, 3.8) is 0 Å². The number of likely N-dealkylation sites (tertiary alicyclic amines) is 1. The molecule has 1 aromatic carbocycles. The average molecular weight is 341 g/mol. The number of hydrogen-bond donors (Lipinski definition) is 0. The fourth-order valence-corrected chi connectivity index (χ4v) is 2.53. The van der Waals surface area contributed by atoms with Gasteiger partial charge in [0.25, 0.3) is 11.6 Å². The van der Waals surface area contributed by atoms with E-state index in [0.717, 1.165) is 18.9 Å². The van der Waals surface area contributed by atoms with Crippen molar-refractivity contribution in [3.05, 3.63) is 38.9 Å². The van der Waals surface area contributed by atoms with Crippen molar-refractivity contribution in [3.8, 4) is 0 Å². The second-order valence-corrected chi connectivity index (χ2v) is 5.97. The maximum Gasteiger partial charge on any atom is 0.338 e. The minimum Gasteiger partial charge on any atom is -0.452 e. The fraction of sp³-hybridized carbons (Fsp3) is 0.467. The first-order chi connectivity index (χ1) is 10.9. The molecule has 0 radical (unpaired) electrons. The number of nitro benzene ring substituents is 1. The maximum absolute atomic E-state index is 12.0. The van der Waals surface area contributed by atoms with Crippen molar-refractivity contribution in [1.82, 2.24) is 4.90 Å². The van der Waals surface area contributed by atoms with Crippen molar-refractivity contribution < 1.29 is 19.2 Å². The Kier molecular flexibility index (Phi) is 5.54. The van der Waals surface area contributed by atoms with Crippen LogP contribution in [0, 0.1) is 16.0 Å². The van der Waals surface area contributed by atoms with E-state index in [0.29, 0.717) is 19.0 Å². The van der Waals surface area contributed by atoms with Gasteiger partial charge in [0.15, 0.2) is 6.61 Å². The van der Waals surface area contributed by atoms with Crippen LogP contribution in [-0.2, 0) is 9.53 Å². The molecule has 0 spiro atoms. The Morgan fingerprint density at radius 1 is 1.39 bits per heavy atom. The first kappa shape index (κ1) is 17.2. The summed E-state index contributed by atoms with van der Waals surface area (Å²) in [6.45, 7) is 3.08. The minimum absolute atomic E-state index is 0.0128. The second kappa shape index (κ2) is 7.41. The highest BCUT2D eigenvalue weighted by Gasteiger charge is 2.22. The van der Waals surface area contributed by atoms with Crippen molar-refractivity contribution in [2.45, 2.75) is 19.8 Å². The van der Waals surface area contributed by atoms with Crippen molar-refractivity contribution in [2.24, 2.45) is 5.92 Å². The second-order valence-electron chi connectivity index (χ2n) is 5.56. The summed E-state index contributed by atoms with van der Waals surface area (Å²) in [5.41, 5.74) is -0.390. The summed E-state index contributed by atoms with van der Waals surface area (Å²) >= 11 is 5.68. The molecule has 1 aromatic rings. The van der Waals surface area contributed by atoms with Gasteiger partial charge in [-0.25, -0.2) is 4.79 Å². The third-order valence-electron chi connectivity index (χ3n) is 3.84. The van der Waals surface area contributed by atoms with E-state index in [1.165, 1.54) is 12.1 Å². The predicted molar refractivity (Wildman–Crippen MR) is 83.4 cm³/mol. The van der Waals surface area contributed by atoms with Gasteiger partial charge in [-0.15, -0.1) is 0 Å². The van der Waals surface area contributed by atoms with E-state index < -0.39 is 10.9 Å². The lowest BCUT2D eigenvalue weighted by molar-refractivity contribution is -0.384. The molecule has 7 nitrogen and oxygen atoms in total. The Bertz CT molecular complexity index is 626. The zero-order valence-electron chi connectivity index (χ0n) is 12.7. The Balaban J connectivity index is 1.93. The molecule has 1 aliphatic rings. The van der Waals surface area contributed by atoms with Crippen LogP contribution in [0.15, 0.2) is 18.2 Å². The molecule has 0 bridgehead atoms. The van der Waals surface area contributed by atoms with Gasteiger partial charge in [0, 0.05) is 19.2 Å². The van der Waals surface area contributed by atoms with Crippen LogP contribution in [0.3, 0.4) is 0 Å². The highest BCUT2D eigenvalue weighted by atomic mass is 35.5. The third-order valence-corrected chi connectivity index (χ3v) is 4.16. The summed E-state index contributed by atoms with van der Waals surface area (Å²) in [4.78, 5) is 35.7. The molecule has 2 rings (SSSR count). The number of ether oxygens (including phenoxy) is 1. The number of nitro groups is 1. The van der Waals surface area contributed by atoms with Crippen molar-refractivity contribution in [1.29, 1.82) is 0 Å². The number of esters is 1. The summed E-state index contributed by atoms with van der Waals surface area (Å²) in [7, 11) is 0. The normalized spacial score (nSPS) is 15.3. The molecule has 0 aliphatic carbocycles. The molecular weight excluding hydrogens is 324 g/mol. The standard InChI is InChI=1S/C15H17ClN2O5/c1-10-4-6-17(7-5-10)14(19)9-23-15(20)11-2-3-12(16)13(8-11)18(21)22/h2-3,8,10H,4-7,9H2,1H3. The van der Waals surface area contributed by atoms with Crippen molar-refractivity contribution >= 4 is 29.2 Å². The Morgan fingerprint density at radius 3 is 2.65 bits per heavy atom. The van der Waals surface area contributed by atoms with Gasteiger partial charge in [0.2, 0.25) is 0 Å². The van der Waals surface area contributed by atoms with Crippen LogP contribution >= 0.6 is 11.6 Å². The zero-order chi connectivity index (χ0) is 17.0. The lowest BCUT2D eigenvalue weighted by Crippen LogP contribution is -2.40. The fourth-order valence-electron chi connectivity index (χ4n) is 2.34. The third kappa shape index (κ3) is 4.41. The molecule has 8 heteroatoms. The van der Waals surface area contributed by atoms with Crippen LogP contribution in [-0.4, -0.2) is 41.4 Å². The van der Waals surface area contributed by atoms with E-state index in [4.69, 9.17) is 16.3 Å². The summed E-state index contributed by atoms with van der Waals surface area (Å²) in [6, 6.07) is 3.62. The number of rotatable bonds is 4. The SMILES string of the molecule is CC1CCN(C(=O)COC(=O)c2ccc(Cl)c([N+](=O)[O-])c2)CC1. The van der Waals surface area contributed by atoms with Crippen LogP contribution in [0.4, 0.5) is 5.69 Å². The van der Waals surface area contributed by atoms with Crippen LogP contribution in [0.5, 0.6) is 0 Å². The molecule has 1 heterocycles. The topological polar surface area (TPSA) is 89.8 Å². The molecular formula is C15H17ClN2O5.